The maximum absolute atomic E-state index is 13.2. The lowest BCUT2D eigenvalue weighted by Crippen LogP contribution is -2.20. The Labute approximate surface area is 210 Å². The normalized spacial score (nSPS) is 12.6. The minimum absolute atomic E-state index is 0.103. The molecular weight excluding hydrogens is 600 g/mol. The zero-order chi connectivity index (χ0) is 23.9. The van der Waals surface area contributed by atoms with Crippen LogP contribution in [0.25, 0.3) is 10.9 Å². The third kappa shape index (κ3) is 4.67. The van der Waals surface area contributed by atoms with Crippen LogP contribution in [0.3, 0.4) is 0 Å². The smallest absolute Gasteiger partial charge is 0.325 e. The van der Waals surface area contributed by atoms with Crippen molar-refractivity contribution in [2.45, 2.75) is 15.8 Å². The number of carboxylic acid groups (broad SMARTS) is 1. The second-order valence-corrected chi connectivity index (χ2v) is 11.1. The summed E-state index contributed by atoms with van der Waals surface area (Å²) in [5.74, 6) is -0.394. The Kier molecular flexibility index (Phi) is 6.56. The van der Waals surface area contributed by atoms with Gasteiger partial charge in [-0.1, -0.05) is 11.6 Å². The third-order valence-electron chi connectivity index (χ3n) is 4.89. The van der Waals surface area contributed by atoms with E-state index in [1.54, 1.807) is 30.3 Å². The number of aliphatic carboxylic acids is 1. The van der Waals surface area contributed by atoms with E-state index in [0.717, 1.165) is 0 Å². The van der Waals surface area contributed by atoms with Gasteiger partial charge < -0.3 is 20.6 Å². The Hall–Kier alpha value is -2.37. The van der Waals surface area contributed by atoms with Gasteiger partial charge >= 0.3 is 5.97 Å². The van der Waals surface area contributed by atoms with Crippen molar-refractivity contribution in [2.24, 2.45) is 5.73 Å². The molecule has 7 nitrogen and oxygen atoms in total. The molecule has 0 bridgehead atoms. The lowest BCUT2D eigenvalue weighted by atomic mass is 10.1. The summed E-state index contributed by atoms with van der Waals surface area (Å²) in [6.45, 7) is 0. The van der Waals surface area contributed by atoms with Gasteiger partial charge in [0.1, 0.15) is 11.8 Å². The molecule has 4 N–H and O–H groups in total. The number of benzene rings is 3. The number of carbonyl (C=O) groups is 1. The molecule has 0 spiro atoms. The largest absolute Gasteiger partial charge is 0.480 e. The summed E-state index contributed by atoms with van der Waals surface area (Å²) in [6, 6.07) is 12.9. The summed E-state index contributed by atoms with van der Waals surface area (Å²) in [5.41, 5.74) is 6.69. The summed E-state index contributed by atoms with van der Waals surface area (Å²) in [4.78, 5) is 14.4. The second kappa shape index (κ2) is 9.11. The van der Waals surface area contributed by atoms with Crippen LogP contribution in [0.2, 0.25) is 5.02 Å². The molecule has 170 valence electrons. The molecule has 0 saturated heterocycles. The molecule has 1 heterocycles. The molecule has 0 aliphatic heterocycles. The summed E-state index contributed by atoms with van der Waals surface area (Å²) in [6.07, 6.45) is 1.44. The van der Waals surface area contributed by atoms with Crippen molar-refractivity contribution < 1.29 is 23.1 Å². The van der Waals surface area contributed by atoms with Crippen molar-refractivity contribution in [1.29, 1.82) is 0 Å². The van der Waals surface area contributed by atoms with E-state index in [9.17, 15) is 13.2 Å². The van der Waals surface area contributed by atoms with Crippen molar-refractivity contribution in [3.05, 3.63) is 80.3 Å². The van der Waals surface area contributed by atoms with E-state index in [2.05, 4.69) is 36.8 Å². The fourth-order valence-corrected chi connectivity index (χ4v) is 6.15. The minimum atomic E-state index is -3.80. The van der Waals surface area contributed by atoms with Crippen molar-refractivity contribution in [3.8, 4) is 11.5 Å². The number of nitrogens with two attached hydrogens (primary N) is 1. The summed E-state index contributed by atoms with van der Waals surface area (Å²) >= 11 is 12.6. The van der Waals surface area contributed by atoms with E-state index in [1.807, 2.05) is 0 Å². The topological polar surface area (TPSA) is 122 Å². The van der Waals surface area contributed by atoms with Crippen LogP contribution in [0.4, 0.5) is 0 Å². The number of carboxylic acids is 1. The molecule has 1 aromatic heterocycles. The van der Waals surface area contributed by atoms with Crippen LogP contribution in [0.15, 0.2) is 79.5 Å². The van der Waals surface area contributed by atoms with Crippen LogP contribution in [-0.4, -0.2) is 24.5 Å². The summed E-state index contributed by atoms with van der Waals surface area (Å²) < 4.78 is 33.3. The minimum Gasteiger partial charge on any atom is -0.480 e. The number of ether oxygens (including phenoxy) is 1. The van der Waals surface area contributed by atoms with E-state index in [4.69, 9.17) is 27.2 Å². The summed E-state index contributed by atoms with van der Waals surface area (Å²) in [7, 11) is -3.80. The predicted octanol–water partition coefficient (Wildman–Crippen LogP) is 6.06. The Bertz CT molecular complexity index is 1460. The Balaban J connectivity index is 1.73. The molecule has 11 heteroatoms. The second-order valence-electron chi connectivity index (χ2n) is 7.05. The van der Waals surface area contributed by atoms with Gasteiger partial charge in [0.15, 0.2) is 5.75 Å². The van der Waals surface area contributed by atoms with Gasteiger partial charge in [0.05, 0.1) is 18.7 Å². The van der Waals surface area contributed by atoms with Crippen LogP contribution in [-0.2, 0) is 14.6 Å². The first-order chi connectivity index (χ1) is 15.6. The molecule has 3 aromatic carbocycles. The summed E-state index contributed by atoms with van der Waals surface area (Å²) in [5, 5.41) is 10.0. The molecule has 0 aliphatic carbocycles. The van der Waals surface area contributed by atoms with E-state index in [0.29, 0.717) is 41.9 Å². The van der Waals surface area contributed by atoms with E-state index >= 15 is 0 Å². The lowest BCUT2D eigenvalue weighted by molar-refractivity contribution is -0.138. The van der Waals surface area contributed by atoms with E-state index < -0.39 is 21.8 Å². The Morgan fingerprint density at radius 3 is 2.30 bits per heavy atom. The molecule has 33 heavy (non-hydrogen) atoms. The van der Waals surface area contributed by atoms with Crippen LogP contribution in [0.1, 0.15) is 11.6 Å². The van der Waals surface area contributed by atoms with Gasteiger partial charge in [0, 0.05) is 22.1 Å². The van der Waals surface area contributed by atoms with E-state index in [1.165, 1.54) is 30.5 Å². The molecule has 4 aromatic rings. The first-order valence-electron chi connectivity index (χ1n) is 9.35. The number of nitrogens with one attached hydrogen (secondary N) is 1. The predicted molar refractivity (Wildman–Crippen MR) is 132 cm³/mol. The number of aromatic nitrogens is 1. The first kappa shape index (κ1) is 23.8. The molecule has 4 rings (SSSR count). The first-order valence-corrected chi connectivity index (χ1v) is 12.8. The number of halogens is 3. The maximum Gasteiger partial charge on any atom is 0.325 e. The number of hydrogen-bond donors (Lipinski definition) is 3. The zero-order valence-corrected chi connectivity index (χ0v) is 21.3. The lowest BCUT2D eigenvalue weighted by Gasteiger charge is -2.14. The molecular formula is C22H15Br2ClN2O5S. The molecule has 0 saturated carbocycles. The average molecular weight is 615 g/mol. The molecule has 0 amide bonds. The van der Waals surface area contributed by atoms with Gasteiger partial charge in [-0.2, -0.15) is 0 Å². The number of hydrogen-bond acceptors (Lipinski definition) is 5. The zero-order valence-electron chi connectivity index (χ0n) is 16.6. The van der Waals surface area contributed by atoms with Gasteiger partial charge in [0.25, 0.3) is 0 Å². The van der Waals surface area contributed by atoms with E-state index in [-0.39, 0.29) is 9.79 Å². The van der Waals surface area contributed by atoms with Crippen LogP contribution < -0.4 is 10.5 Å². The molecule has 0 aliphatic rings. The standard InChI is InChI=1S/C22H15Br2ClN2O5S/c23-16-7-11(20(26)22(28)29)8-17(24)21(16)32-13-3-6-18-15(9-13)19(10-27-18)33(30,31)14-4-1-12(25)2-5-14/h1-10,20,27H,26H2,(H,28,29)/t20-/m0/s1. The van der Waals surface area contributed by atoms with Gasteiger partial charge in [0.2, 0.25) is 9.84 Å². The number of H-pyrrole nitrogens is 1. The Morgan fingerprint density at radius 2 is 1.70 bits per heavy atom. The number of fused-ring (bicyclic) bond motifs is 1. The SMILES string of the molecule is N[C@H](C(=O)O)c1cc(Br)c(Oc2ccc3[nH]cc(S(=O)(=O)c4ccc(Cl)cc4)c3c2)c(Br)c1. The molecule has 0 radical (unpaired) electrons. The average Bonchev–Trinajstić information content (AvgIpc) is 3.20. The van der Waals surface area contributed by atoms with Gasteiger partial charge in [-0.05, 0) is 92.0 Å². The highest BCUT2D eigenvalue weighted by Gasteiger charge is 2.23. The number of sulfone groups is 1. The number of rotatable bonds is 6. The van der Waals surface area contributed by atoms with Crippen LogP contribution >= 0.6 is 43.5 Å². The monoisotopic (exact) mass is 612 g/mol. The van der Waals surface area contributed by atoms with Crippen molar-refractivity contribution >= 4 is 70.2 Å². The quantitative estimate of drug-likeness (QED) is 0.243. The Morgan fingerprint density at radius 1 is 1.06 bits per heavy atom. The van der Waals surface area contributed by atoms with Crippen molar-refractivity contribution in [2.75, 3.05) is 0 Å². The fourth-order valence-electron chi connectivity index (χ4n) is 3.22. The maximum atomic E-state index is 13.2. The third-order valence-corrected chi connectivity index (χ3v) is 8.13. The molecule has 0 unspecified atom stereocenters. The molecule has 1 atom stereocenters. The fraction of sp³-hybridized carbons (Fsp3) is 0.0455. The van der Waals surface area contributed by atoms with Crippen LogP contribution in [0, 0.1) is 0 Å². The highest BCUT2D eigenvalue weighted by Crippen LogP contribution is 2.40. The van der Waals surface area contributed by atoms with Gasteiger partial charge in [-0.25, -0.2) is 8.42 Å². The van der Waals surface area contributed by atoms with Crippen molar-refractivity contribution in [3.63, 3.8) is 0 Å². The molecule has 0 fully saturated rings. The van der Waals surface area contributed by atoms with Gasteiger partial charge in [-0.3, -0.25) is 4.79 Å². The van der Waals surface area contributed by atoms with Crippen LogP contribution in [0.5, 0.6) is 11.5 Å². The van der Waals surface area contributed by atoms with Crippen molar-refractivity contribution in [1.82, 2.24) is 4.98 Å². The van der Waals surface area contributed by atoms with Gasteiger partial charge in [-0.15, -0.1) is 0 Å². The number of aromatic amines is 1. The highest BCUT2D eigenvalue weighted by atomic mass is 79.9. The highest BCUT2D eigenvalue weighted by molar-refractivity contribution is 9.11.